The Bertz CT molecular complexity index is 765. The minimum Gasteiger partial charge on any atom is -0.394 e. The first-order valence-corrected chi connectivity index (χ1v) is 24.1. The standard InChI is InChI=1S/C49H95NO3/c1-3-5-7-9-11-13-15-17-19-21-22-23-24-25-26-27-28-29-30-32-34-36-38-40-42-44-48(52)47(46-51)50-49(53)45-43-41-39-37-35-33-31-20-18-16-14-12-10-8-6-4-2/h20,31,42,44,47-48,51-52H,3-19,21-30,32-41,43,45-46H2,1-2H3,(H,50,53)/b31-20-,44-42+. The van der Waals surface area contributed by atoms with E-state index in [4.69, 9.17) is 0 Å². The summed E-state index contributed by atoms with van der Waals surface area (Å²) < 4.78 is 0. The largest absolute Gasteiger partial charge is 0.394 e. The Morgan fingerprint density at radius 1 is 0.434 bits per heavy atom. The number of unbranched alkanes of at least 4 members (excludes halogenated alkanes) is 35. The van der Waals surface area contributed by atoms with Crippen molar-refractivity contribution < 1.29 is 15.0 Å². The summed E-state index contributed by atoms with van der Waals surface area (Å²) in [5, 5.41) is 23.1. The summed E-state index contributed by atoms with van der Waals surface area (Å²) in [6.07, 6.45) is 58.8. The third-order valence-corrected chi connectivity index (χ3v) is 11.2. The van der Waals surface area contributed by atoms with Gasteiger partial charge in [0.25, 0.3) is 0 Å². The molecule has 2 unspecified atom stereocenters. The lowest BCUT2D eigenvalue weighted by Gasteiger charge is -2.20. The lowest BCUT2D eigenvalue weighted by atomic mass is 10.0. The average Bonchev–Trinajstić information content (AvgIpc) is 3.16. The molecule has 0 heterocycles. The van der Waals surface area contributed by atoms with Gasteiger partial charge in [0.15, 0.2) is 0 Å². The molecule has 1 amide bonds. The summed E-state index contributed by atoms with van der Waals surface area (Å²) in [5.41, 5.74) is 0. The van der Waals surface area contributed by atoms with Crippen LogP contribution in [0, 0.1) is 0 Å². The molecule has 0 bridgehead atoms. The number of hydrogen-bond donors (Lipinski definition) is 3. The fourth-order valence-corrected chi connectivity index (χ4v) is 7.47. The third kappa shape index (κ3) is 41.9. The maximum Gasteiger partial charge on any atom is 0.220 e. The fourth-order valence-electron chi connectivity index (χ4n) is 7.47. The van der Waals surface area contributed by atoms with E-state index in [0.717, 1.165) is 32.1 Å². The van der Waals surface area contributed by atoms with Gasteiger partial charge in [-0.1, -0.05) is 237 Å². The van der Waals surface area contributed by atoms with Crippen molar-refractivity contribution in [2.75, 3.05) is 6.61 Å². The molecule has 4 nitrogen and oxygen atoms in total. The topological polar surface area (TPSA) is 69.6 Å². The molecule has 0 saturated heterocycles. The van der Waals surface area contributed by atoms with Crippen LogP contribution in [-0.4, -0.2) is 34.9 Å². The zero-order chi connectivity index (χ0) is 38.6. The first kappa shape index (κ1) is 51.9. The van der Waals surface area contributed by atoms with E-state index in [1.807, 2.05) is 6.08 Å². The maximum atomic E-state index is 12.4. The van der Waals surface area contributed by atoms with Crippen molar-refractivity contribution in [2.45, 2.75) is 276 Å². The van der Waals surface area contributed by atoms with E-state index >= 15 is 0 Å². The molecule has 0 rings (SSSR count). The van der Waals surface area contributed by atoms with Gasteiger partial charge in [-0.2, -0.15) is 0 Å². The van der Waals surface area contributed by atoms with Gasteiger partial charge in [-0.3, -0.25) is 4.79 Å². The second-order valence-electron chi connectivity index (χ2n) is 16.5. The van der Waals surface area contributed by atoms with E-state index in [1.165, 1.54) is 212 Å². The predicted octanol–water partition coefficient (Wildman–Crippen LogP) is 15.2. The van der Waals surface area contributed by atoms with Gasteiger partial charge in [0.05, 0.1) is 18.8 Å². The van der Waals surface area contributed by atoms with Gasteiger partial charge < -0.3 is 15.5 Å². The van der Waals surface area contributed by atoms with E-state index in [0.29, 0.717) is 6.42 Å². The lowest BCUT2D eigenvalue weighted by Crippen LogP contribution is -2.45. The minimum absolute atomic E-state index is 0.0698. The van der Waals surface area contributed by atoms with Crippen molar-refractivity contribution in [3.8, 4) is 0 Å². The number of nitrogens with one attached hydrogen (secondary N) is 1. The van der Waals surface area contributed by atoms with Crippen LogP contribution in [0.1, 0.15) is 264 Å². The summed E-state index contributed by atoms with van der Waals surface area (Å²) in [6.45, 7) is 4.32. The number of carbonyl (C=O) groups is 1. The molecule has 0 aromatic heterocycles. The molecular weight excluding hydrogens is 651 g/mol. The van der Waals surface area contributed by atoms with E-state index in [-0.39, 0.29) is 12.5 Å². The van der Waals surface area contributed by atoms with Gasteiger partial charge in [-0.25, -0.2) is 0 Å². The van der Waals surface area contributed by atoms with Gasteiger partial charge in [0.2, 0.25) is 5.91 Å². The first-order chi connectivity index (χ1) is 26.2. The summed E-state index contributed by atoms with van der Waals surface area (Å²) in [7, 11) is 0. The Morgan fingerprint density at radius 3 is 1.04 bits per heavy atom. The number of carbonyl (C=O) groups excluding carboxylic acids is 1. The monoisotopic (exact) mass is 746 g/mol. The Morgan fingerprint density at radius 2 is 0.717 bits per heavy atom. The Labute approximate surface area is 332 Å². The zero-order valence-electron chi connectivity index (χ0n) is 36.1. The third-order valence-electron chi connectivity index (χ3n) is 11.2. The van der Waals surface area contributed by atoms with Crippen LogP contribution < -0.4 is 5.32 Å². The van der Waals surface area contributed by atoms with Gasteiger partial charge in [0.1, 0.15) is 0 Å². The SMILES string of the molecule is CCCCCCCCC/C=C\CCCCCCCC(=O)NC(CO)C(O)/C=C/CCCCCCCCCCCCCCCCCCCCCCCCC. The van der Waals surface area contributed by atoms with E-state index < -0.39 is 12.1 Å². The molecule has 2 atom stereocenters. The summed E-state index contributed by atoms with van der Waals surface area (Å²) in [6, 6.07) is -0.624. The predicted molar refractivity (Wildman–Crippen MR) is 235 cm³/mol. The van der Waals surface area contributed by atoms with Crippen LogP contribution in [0.5, 0.6) is 0 Å². The normalized spacial score (nSPS) is 13.1. The smallest absolute Gasteiger partial charge is 0.220 e. The van der Waals surface area contributed by atoms with E-state index in [1.54, 1.807) is 6.08 Å². The molecule has 314 valence electrons. The molecule has 0 aliphatic heterocycles. The number of hydrogen-bond acceptors (Lipinski definition) is 3. The second kappa shape index (κ2) is 45.3. The summed E-state index contributed by atoms with van der Waals surface area (Å²) >= 11 is 0. The Hall–Kier alpha value is -1.13. The van der Waals surface area contributed by atoms with Crippen molar-refractivity contribution in [2.24, 2.45) is 0 Å². The second-order valence-corrected chi connectivity index (χ2v) is 16.5. The summed E-state index contributed by atoms with van der Waals surface area (Å²) in [4.78, 5) is 12.4. The molecule has 0 aromatic carbocycles. The van der Waals surface area contributed by atoms with Gasteiger partial charge in [0, 0.05) is 6.42 Å². The number of rotatable bonds is 44. The molecule has 0 aliphatic carbocycles. The summed E-state index contributed by atoms with van der Waals surface area (Å²) in [5.74, 6) is -0.0698. The van der Waals surface area contributed by atoms with Gasteiger partial charge in [-0.05, 0) is 44.9 Å². The van der Waals surface area contributed by atoms with E-state index in [9.17, 15) is 15.0 Å². The molecular formula is C49H95NO3. The Balaban J connectivity index is 3.51. The number of aliphatic hydroxyl groups excluding tert-OH is 2. The molecule has 0 aliphatic rings. The van der Waals surface area contributed by atoms with Gasteiger partial charge in [-0.15, -0.1) is 0 Å². The maximum absolute atomic E-state index is 12.4. The van der Waals surface area contributed by atoms with Crippen LogP contribution in [0.4, 0.5) is 0 Å². The van der Waals surface area contributed by atoms with Crippen molar-refractivity contribution in [3.05, 3.63) is 24.3 Å². The molecule has 53 heavy (non-hydrogen) atoms. The number of aliphatic hydroxyl groups is 2. The highest BCUT2D eigenvalue weighted by molar-refractivity contribution is 5.76. The highest BCUT2D eigenvalue weighted by Crippen LogP contribution is 2.16. The van der Waals surface area contributed by atoms with Crippen LogP contribution in [0.15, 0.2) is 24.3 Å². The van der Waals surface area contributed by atoms with Crippen molar-refractivity contribution in [1.29, 1.82) is 0 Å². The van der Waals surface area contributed by atoms with E-state index in [2.05, 4.69) is 31.3 Å². The van der Waals surface area contributed by atoms with Crippen LogP contribution in [0.3, 0.4) is 0 Å². The van der Waals surface area contributed by atoms with Crippen LogP contribution in [0.2, 0.25) is 0 Å². The minimum atomic E-state index is -0.840. The zero-order valence-corrected chi connectivity index (χ0v) is 36.1. The molecule has 3 N–H and O–H groups in total. The molecule has 0 fully saturated rings. The number of allylic oxidation sites excluding steroid dienone is 3. The first-order valence-electron chi connectivity index (χ1n) is 24.1. The lowest BCUT2D eigenvalue weighted by molar-refractivity contribution is -0.123. The molecule has 0 aromatic rings. The molecule has 4 heteroatoms. The van der Waals surface area contributed by atoms with Crippen LogP contribution in [-0.2, 0) is 4.79 Å². The van der Waals surface area contributed by atoms with Crippen molar-refractivity contribution >= 4 is 5.91 Å². The number of amides is 1. The van der Waals surface area contributed by atoms with Crippen LogP contribution >= 0.6 is 0 Å². The van der Waals surface area contributed by atoms with Crippen molar-refractivity contribution in [1.82, 2.24) is 5.32 Å². The molecule has 0 radical (unpaired) electrons. The molecule has 0 saturated carbocycles. The molecule has 0 spiro atoms. The quantitative estimate of drug-likeness (QED) is 0.0430. The van der Waals surface area contributed by atoms with Crippen molar-refractivity contribution in [3.63, 3.8) is 0 Å². The van der Waals surface area contributed by atoms with Crippen LogP contribution in [0.25, 0.3) is 0 Å². The van der Waals surface area contributed by atoms with Gasteiger partial charge >= 0.3 is 0 Å². The average molecular weight is 746 g/mol. The Kier molecular flexibility index (Phi) is 44.3. The highest BCUT2D eigenvalue weighted by atomic mass is 16.3. The highest BCUT2D eigenvalue weighted by Gasteiger charge is 2.17. The fraction of sp³-hybridized carbons (Fsp3) is 0.898.